The van der Waals surface area contributed by atoms with Crippen LogP contribution < -0.4 is 10.6 Å². The first kappa shape index (κ1) is 15.8. The number of benzene rings is 2. The molecule has 4 heteroatoms. The molecule has 2 N–H and O–H groups in total. The molecule has 0 amide bonds. The van der Waals surface area contributed by atoms with E-state index in [0.717, 1.165) is 16.3 Å². The maximum atomic E-state index is 5.86. The third-order valence-corrected chi connectivity index (χ3v) is 3.70. The summed E-state index contributed by atoms with van der Waals surface area (Å²) in [6.07, 6.45) is 0. The Morgan fingerprint density at radius 3 is 2.24 bits per heavy atom. The number of halogens is 1. The Labute approximate surface area is 136 Å². The molecule has 0 radical (unpaired) electrons. The van der Waals surface area contributed by atoms with E-state index < -0.39 is 0 Å². The van der Waals surface area contributed by atoms with Crippen molar-refractivity contribution in [3.63, 3.8) is 0 Å². The Bertz CT molecular complexity index is 591. The SMILES string of the molecule is CC(C)c1ccc(NC(=S)NCc2ccc(Cl)cc2)cc1. The van der Waals surface area contributed by atoms with Gasteiger partial charge in [-0.1, -0.05) is 49.7 Å². The molecule has 0 saturated carbocycles. The number of hydrogen-bond donors (Lipinski definition) is 2. The second-order valence-corrected chi connectivity index (χ2v) is 6.06. The monoisotopic (exact) mass is 318 g/mol. The number of nitrogens with one attached hydrogen (secondary N) is 2. The van der Waals surface area contributed by atoms with Crippen molar-refractivity contribution in [1.82, 2.24) is 5.32 Å². The van der Waals surface area contributed by atoms with Gasteiger partial charge in [0, 0.05) is 17.3 Å². The third kappa shape index (κ3) is 5.03. The van der Waals surface area contributed by atoms with Gasteiger partial charge in [0.15, 0.2) is 5.11 Å². The van der Waals surface area contributed by atoms with E-state index in [1.807, 2.05) is 36.4 Å². The first-order valence-corrected chi connectivity index (χ1v) is 7.72. The molecule has 2 nitrogen and oxygen atoms in total. The summed E-state index contributed by atoms with van der Waals surface area (Å²) >= 11 is 11.2. The summed E-state index contributed by atoms with van der Waals surface area (Å²) in [5.74, 6) is 0.536. The predicted molar refractivity (Wildman–Crippen MR) is 95.0 cm³/mol. The van der Waals surface area contributed by atoms with Gasteiger partial charge in [0.25, 0.3) is 0 Å². The average molecular weight is 319 g/mol. The minimum absolute atomic E-state index is 0.536. The summed E-state index contributed by atoms with van der Waals surface area (Å²) in [4.78, 5) is 0. The van der Waals surface area contributed by atoms with Gasteiger partial charge in [0.1, 0.15) is 0 Å². The number of rotatable bonds is 4. The Balaban J connectivity index is 1.85. The quantitative estimate of drug-likeness (QED) is 0.780. The molecule has 0 aliphatic rings. The molecular formula is C17H19ClN2S. The van der Waals surface area contributed by atoms with Crippen LogP contribution in [0.2, 0.25) is 5.02 Å². The van der Waals surface area contributed by atoms with Crippen molar-refractivity contribution in [3.8, 4) is 0 Å². The van der Waals surface area contributed by atoms with E-state index >= 15 is 0 Å². The van der Waals surface area contributed by atoms with Crippen LogP contribution in [0.25, 0.3) is 0 Å². The van der Waals surface area contributed by atoms with Crippen LogP contribution >= 0.6 is 23.8 Å². The molecule has 110 valence electrons. The summed E-state index contributed by atoms with van der Waals surface area (Å²) < 4.78 is 0. The fourth-order valence-corrected chi connectivity index (χ4v) is 2.23. The number of thiocarbonyl (C=S) groups is 1. The highest BCUT2D eigenvalue weighted by atomic mass is 35.5. The zero-order chi connectivity index (χ0) is 15.2. The largest absolute Gasteiger partial charge is 0.358 e. The van der Waals surface area contributed by atoms with Crippen LogP contribution in [0.15, 0.2) is 48.5 Å². The van der Waals surface area contributed by atoms with Gasteiger partial charge in [-0.05, 0) is 53.5 Å². The molecule has 0 atom stereocenters. The second-order valence-electron chi connectivity index (χ2n) is 5.21. The summed E-state index contributed by atoms with van der Waals surface area (Å²) in [7, 11) is 0. The van der Waals surface area contributed by atoms with Gasteiger partial charge in [0.2, 0.25) is 0 Å². The van der Waals surface area contributed by atoms with Crippen LogP contribution in [-0.2, 0) is 6.54 Å². The molecule has 0 spiro atoms. The fourth-order valence-electron chi connectivity index (χ4n) is 1.91. The van der Waals surface area contributed by atoms with Gasteiger partial charge in [0.05, 0.1) is 0 Å². The lowest BCUT2D eigenvalue weighted by molar-refractivity contribution is 0.867. The molecule has 2 aromatic carbocycles. The van der Waals surface area contributed by atoms with Crippen molar-refractivity contribution in [3.05, 3.63) is 64.7 Å². The zero-order valence-corrected chi connectivity index (χ0v) is 13.8. The molecule has 0 unspecified atom stereocenters. The molecule has 0 saturated heterocycles. The smallest absolute Gasteiger partial charge is 0.171 e. The van der Waals surface area contributed by atoms with Crippen molar-refractivity contribution in [2.75, 3.05) is 5.32 Å². The molecule has 21 heavy (non-hydrogen) atoms. The summed E-state index contributed by atoms with van der Waals surface area (Å²) in [6.45, 7) is 5.04. The highest BCUT2D eigenvalue weighted by Gasteiger charge is 2.01. The normalized spacial score (nSPS) is 10.5. The molecule has 0 bridgehead atoms. The number of hydrogen-bond acceptors (Lipinski definition) is 1. The fraction of sp³-hybridized carbons (Fsp3) is 0.235. The lowest BCUT2D eigenvalue weighted by Crippen LogP contribution is -2.27. The van der Waals surface area contributed by atoms with Crippen LogP contribution in [0.5, 0.6) is 0 Å². The highest BCUT2D eigenvalue weighted by molar-refractivity contribution is 7.80. The molecule has 2 aromatic rings. The molecule has 2 rings (SSSR count). The molecule has 0 heterocycles. The van der Waals surface area contributed by atoms with Crippen LogP contribution in [-0.4, -0.2) is 5.11 Å². The van der Waals surface area contributed by atoms with Crippen molar-refractivity contribution in [2.45, 2.75) is 26.3 Å². The van der Waals surface area contributed by atoms with E-state index in [1.54, 1.807) is 0 Å². The van der Waals surface area contributed by atoms with Crippen molar-refractivity contribution >= 4 is 34.6 Å². The average Bonchev–Trinajstić information content (AvgIpc) is 2.47. The highest BCUT2D eigenvalue weighted by Crippen LogP contribution is 2.17. The zero-order valence-electron chi connectivity index (χ0n) is 12.2. The van der Waals surface area contributed by atoms with E-state index in [1.165, 1.54) is 5.56 Å². The van der Waals surface area contributed by atoms with Gasteiger partial charge in [-0.3, -0.25) is 0 Å². The summed E-state index contributed by atoms with van der Waals surface area (Å²) in [6, 6.07) is 16.0. The van der Waals surface area contributed by atoms with E-state index in [9.17, 15) is 0 Å². The van der Waals surface area contributed by atoms with E-state index in [4.69, 9.17) is 23.8 Å². The Morgan fingerprint density at radius 2 is 1.67 bits per heavy atom. The van der Waals surface area contributed by atoms with Crippen molar-refractivity contribution in [2.24, 2.45) is 0 Å². The van der Waals surface area contributed by atoms with Gasteiger partial charge in [-0.25, -0.2) is 0 Å². The lowest BCUT2D eigenvalue weighted by Gasteiger charge is -2.12. The molecule has 0 fully saturated rings. The van der Waals surface area contributed by atoms with Gasteiger partial charge >= 0.3 is 0 Å². The van der Waals surface area contributed by atoms with Crippen molar-refractivity contribution in [1.29, 1.82) is 0 Å². The van der Waals surface area contributed by atoms with E-state index in [0.29, 0.717) is 17.6 Å². The maximum absolute atomic E-state index is 5.86. The molecular weight excluding hydrogens is 300 g/mol. The molecule has 0 aromatic heterocycles. The van der Waals surface area contributed by atoms with Gasteiger partial charge in [-0.15, -0.1) is 0 Å². The number of anilines is 1. The first-order chi connectivity index (χ1) is 10.0. The minimum atomic E-state index is 0.536. The minimum Gasteiger partial charge on any atom is -0.358 e. The van der Waals surface area contributed by atoms with E-state index in [-0.39, 0.29) is 0 Å². The van der Waals surface area contributed by atoms with Crippen LogP contribution in [0.1, 0.15) is 30.9 Å². The van der Waals surface area contributed by atoms with Crippen LogP contribution in [0.3, 0.4) is 0 Å². The second kappa shape index (κ2) is 7.43. The Kier molecular flexibility index (Phi) is 5.59. The lowest BCUT2D eigenvalue weighted by atomic mass is 10.0. The standard InChI is InChI=1S/C17H19ClN2S/c1-12(2)14-5-9-16(10-6-14)20-17(21)19-11-13-3-7-15(18)8-4-13/h3-10,12H,11H2,1-2H3,(H2,19,20,21). The topological polar surface area (TPSA) is 24.1 Å². The summed E-state index contributed by atoms with van der Waals surface area (Å²) in [5, 5.41) is 7.72. The molecule has 0 aliphatic carbocycles. The molecule has 0 aliphatic heterocycles. The van der Waals surface area contributed by atoms with Crippen LogP contribution in [0, 0.1) is 0 Å². The van der Waals surface area contributed by atoms with E-state index in [2.05, 4.69) is 36.6 Å². The predicted octanol–water partition coefficient (Wildman–Crippen LogP) is 4.95. The maximum Gasteiger partial charge on any atom is 0.171 e. The Hall–Kier alpha value is -1.58. The van der Waals surface area contributed by atoms with Crippen LogP contribution in [0.4, 0.5) is 5.69 Å². The first-order valence-electron chi connectivity index (χ1n) is 6.94. The Morgan fingerprint density at radius 1 is 1.05 bits per heavy atom. The van der Waals surface area contributed by atoms with Crippen molar-refractivity contribution < 1.29 is 0 Å². The van der Waals surface area contributed by atoms with Gasteiger partial charge in [-0.2, -0.15) is 0 Å². The third-order valence-electron chi connectivity index (χ3n) is 3.20. The van der Waals surface area contributed by atoms with Gasteiger partial charge < -0.3 is 10.6 Å². The summed E-state index contributed by atoms with van der Waals surface area (Å²) in [5.41, 5.74) is 3.45.